The number of hydrogen-bond donors (Lipinski definition) is 1. The van der Waals surface area contributed by atoms with Crippen LogP contribution in [0.1, 0.15) is 44.3 Å². The Hall–Kier alpha value is -1.16. The predicted octanol–water partition coefficient (Wildman–Crippen LogP) is 1.74. The minimum Gasteiger partial charge on any atom is -0.382 e. The first-order chi connectivity index (χ1) is 7.21. The van der Waals surface area contributed by atoms with Gasteiger partial charge in [0.25, 0.3) is 10.8 Å². The van der Waals surface area contributed by atoms with Crippen LogP contribution >= 0.6 is 0 Å². The minimum absolute atomic E-state index is 0.387. The molecule has 0 amide bonds. The molecule has 0 bridgehead atoms. The Kier molecular flexibility index (Phi) is 2.86. The first-order valence-corrected chi connectivity index (χ1v) is 5.46. The third kappa shape index (κ3) is 2.26. The maximum atomic E-state index is 11.0. The van der Waals surface area contributed by atoms with Gasteiger partial charge in [-0.1, -0.05) is 25.7 Å². The van der Waals surface area contributed by atoms with Gasteiger partial charge in [0.15, 0.2) is 0 Å². The van der Waals surface area contributed by atoms with Crippen LogP contribution in [0.25, 0.3) is 0 Å². The highest BCUT2D eigenvalue weighted by molar-refractivity contribution is 5.06. The Balaban J connectivity index is 2.30. The molecule has 0 aliphatic heterocycles. The molecule has 0 unspecified atom stereocenters. The van der Waals surface area contributed by atoms with Crippen LogP contribution in [-0.4, -0.2) is 5.11 Å². The van der Waals surface area contributed by atoms with Crippen LogP contribution in [-0.2, 0) is 5.60 Å². The maximum absolute atomic E-state index is 11.0. The summed E-state index contributed by atoms with van der Waals surface area (Å²) >= 11 is 0. The highest BCUT2D eigenvalue weighted by atomic mass is 16.6. The molecule has 0 spiro atoms. The van der Waals surface area contributed by atoms with Gasteiger partial charge in [-0.25, -0.2) is 0 Å². The van der Waals surface area contributed by atoms with Crippen LogP contribution in [0.2, 0.25) is 0 Å². The summed E-state index contributed by atoms with van der Waals surface area (Å²) in [4.78, 5) is 11.0. The lowest BCUT2D eigenvalue weighted by atomic mass is 9.92. The van der Waals surface area contributed by atoms with E-state index in [2.05, 4.69) is 0 Å². The minimum atomic E-state index is -0.941. The molecule has 82 valence electrons. The summed E-state index contributed by atoms with van der Waals surface area (Å²) in [7, 11) is 0. The number of nitrogens with zero attached hydrogens (tertiary/aromatic N) is 1. The molecule has 0 radical (unpaired) electrons. The molecule has 1 heterocycles. The summed E-state index contributed by atoms with van der Waals surface area (Å²) in [5.41, 5.74) is -0.941. The molecule has 1 aromatic rings. The molecule has 15 heavy (non-hydrogen) atoms. The van der Waals surface area contributed by atoms with Crippen LogP contribution in [0, 0.1) is 4.91 Å². The van der Waals surface area contributed by atoms with Gasteiger partial charge in [-0.15, -0.1) is 0 Å². The molecule has 1 aromatic heterocycles. The molecule has 0 aromatic carbocycles. The average molecular weight is 210 g/mol. The van der Waals surface area contributed by atoms with Crippen LogP contribution in [0.15, 0.2) is 22.9 Å². The van der Waals surface area contributed by atoms with Crippen molar-refractivity contribution in [2.45, 2.75) is 44.1 Å². The van der Waals surface area contributed by atoms with Gasteiger partial charge in [-0.2, -0.15) is 4.52 Å². The van der Waals surface area contributed by atoms with Crippen molar-refractivity contribution in [3.05, 3.63) is 29.0 Å². The Morgan fingerprint density at radius 3 is 2.53 bits per heavy atom. The van der Waals surface area contributed by atoms with E-state index in [0.717, 1.165) is 25.7 Å². The van der Waals surface area contributed by atoms with Crippen molar-refractivity contribution >= 4 is 0 Å². The van der Waals surface area contributed by atoms with Crippen LogP contribution < -0.4 is 4.60 Å². The fourth-order valence-corrected chi connectivity index (χ4v) is 2.16. The maximum Gasteiger partial charge on any atom is 0.282 e. The van der Waals surface area contributed by atoms with Gasteiger partial charge in [0.2, 0.25) is 5.76 Å². The van der Waals surface area contributed by atoms with Crippen molar-refractivity contribution in [3.63, 3.8) is 0 Å². The summed E-state index contributed by atoms with van der Waals surface area (Å²) in [6.45, 7) is 0. The van der Waals surface area contributed by atoms with Gasteiger partial charge in [0.05, 0.1) is 4.91 Å². The largest absolute Gasteiger partial charge is 0.382 e. The molecular weight excluding hydrogens is 194 g/mol. The zero-order valence-electron chi connectivity index (χ0n) is 8.69. The molecule has 1 aliphatic carbocycles. The lowest BCUT2D eigenvalue weighted by molar-refractivity contribution is -0.711. The summed E-state index contributed by atoms with van der Waals surface area (Å²) in [5, 5.41) is 10.4. The van der Waals surface area contributed by atoms with Crippen molar-refractivity contribution < 1.29 is 14.2 Å². The van der Waals surface area contributed by atoms with Gasteiger partial charge in [0.1, 0.15) is 5.60 Å². The first kappa shape index (κ1) is 10.4. The fraction of sp³-hybridized carbons (Fsp3) is 0.636. The second-order valence-electron chi connectivity index (χ2n) is 4.19. The second kappa shape index (κ2) is 4.14. The summed E-state index contributed by atoms with van der Waals surface area (Å²) < 4.78 is 5.37. The van der Waals surface area contributed by atoms with E-state index in [1.165, 1.54) is 6.20 Å². The molecule has 1 fully saturated rings. The second-order valence-corrected chi connectivity index (χ2v) is 4.19. The summed E-state index contributed by atoms with van der Waals surface area (Å²) in [5.74, 6) is 0.391. The van der Waals surface area contributed by atoms with E-state index in [1.54, 1.807) is 12.1 Å². The highest BCUT2D eigenvalue weighted by Crippen LogP contribution is 2.34. The van der Waals surface area contributed by atoms with E-state index in [1.807, 2.05) is 0 Å². The van der Waals surface area contributed by atoms with E-state index in [-0.39, 0.29) is 0 Å². The predicted molar refractivity (Wildman–Crippen MR) is 53.7 cm³/mol. The van der Waals surface area contributed by atoms with E-state index < -0.39 is 5.60 Å². The van der Waals surface area contributed by atoms with Crippen molar-refractivity contribution in [1.82, 2.24) is 0 Å². The fourth-order valence-electron chi connectivity index (χ4n) is 2.16. The Labute approximate surface area is 88.1 Å². The quantitative estimate of drug-likeness (QED) is 0.718. The van der Waals surface area contributed by atoms with Crippen molar-refractivity contribution in [1.29, 1.82) is 0 Å². The molecule has 1 saturated carbocycles. The molecule has 1 aliphatic rings. The zero-order chi connectivity index (χ0) is 10.7. The van der Waals surface area contributed by atoms with Gasteiger partial charge in [0, 0.05) is 6.07 Å². The monoisotopic (exact) mass is 210 g/mol. The van der Waals surface area contributed by atoms with Crippen molar-refractivity contribution in [2.24, 2.45) is 0 Å². The standard InChI is InChI=1S/C11H16NO3/c13-11(7-3-1-2-4-8-11)10-6-5-9-12(14)15-10/h5-6,9,13H,1-4,7-8H2/q+1. The highest BCUT2D eigenvalue weighted by Gasteiger charge is 2.34. The third-order valence-electron chi connectivity index (χ3n) is 3.03. The van der Waals surface area contributed by atoms with Gasteiger partial charge in [-0.3, -0.25) is 0 Å². The van der Waals surface area contributed by atoms with Crippen LogP contribution in [0.4, 0.5) is 0 Å². The smallest absolute Gasteiger partial charge is 0.282 e. The lowest BCUT2D eigenvalue weighted by Crippen LogP contribution is -2.27. The first-order valence-electron chi connectivity index (χ1n) is 5.46. The lowest BCUT2D eigenvalue weighted by Gasteiger charge is -2.22. The molecule has 4 heteroatoms. The average Bonchev–Trinajstić information content (AvgIpc) is 2.44. The summed E-state index contributed by atoms with van der Waals surface area (Å²) in [6, 6.07) is 3.29. The molecular formula is C11H16NO3+. The van der Waals surface area contributed by atoms with Crippen molar-refractivity contribution in [2.75, 3.05) is 0 Å². The van der Waals surface area contributed by atoms with Gasteiger partial charge < -0.3 is 5.11 Å². The topological polar surface area (TPSA) is 56.3 Å². The SMILES string of the molecule is O=[n+]1cccc(C2(O)CCCCCC2)o1. The molecule has 1 N–H and O–H groups in total. The van der Waals surface area contributed by atoms with Crippen LogP contribution in [0.5, 0.6) is 0 Å². The van der Waals surface area contributed by atoms with E-state index in [4.69, 9.17) is 4.52 Å². The Morgan fingerprint density at radius 2 is 1.93 bits per heavy atom. The Bertz CT molecular complexity index is 377. The number of hydrogen-bond acceptors (Lipinski definition) is 3. The van der Waals surface area contributed by atoms with Crippen LogP contribution in [0.3, 0.4) is 0 Å². The molecule has 0 saturated heterocycles. The molecule has 4 nitrogen and oxygen atoms in total. The van der Waals surface area contributed by atoms with E-state index in [9.17, 15) is 10.0 Å². The Morgan fingerprint density at radius 1 is 1.27 bits per heavy atom. The number of aliphatic hydroxyl groups is 1. The van der Waals surface area contributed by atoms with E-state index >= 15 is 0 Å². The normalized spacial score (nSPS) is 20.9. The van der Waals surface area contributed by atoms with E-state index in [0.29, 0.717) is 23.2 Å². The van der Waals surface area contributed by atoms with Crippen molar-refractivity contribution in [3.8, 4) is 0 Å². The van der Waals surface area contributed by atoms with Gasteiger partial charge in [-0.05, 0) is 18.9 Å². The third-order valence-corrected chi connectivity index (χ3v) is 3.03. The number of rotatable bonds is 1. The summed E-state index contributed by atoms with van der Waals surface area (Å²) in [6.07, 6.45) is 6.91. The van der Waals surface area contributed by atoms with Gasteiger partial charge >= 0.3 is 0 Å². The number of aromatic nitrogens is 1. The zero-order valence-corrected chi connectivity index (χ0v) is 8.69. The molecule has 2 rings (SSSR count). The molecule has 0 atom stereocenters.